The Kier molecular flexibility index (Phi) is 2.93. The molecule has 1 aromatic rings. The molecule has 1 aliphatic rings. The molecule has 1 heterocycles. The fourth-order valence-corrected chi connectivity index (χ4v) is 1.81. The van der Waals surface area contributed by atoms with Gasteiger partial charge in [0.15, 0.2) is 0 Å². The Balaban J connectivity index is 1.87. The van der Waals surface area contributed by atoms with Crippen LogP contribution in [0.3, 0.4) is 0 Å². The van der Waals surface area contributed by atoms with Crippen molar-refractivity contribution in [3.05, 3.63) is 18.3 Å². The summed E-state index contributed by atoms with van der Waals surface area (Å²) in [5.74, 6) is 0.828. The molecule has 0 saturated heterocycles. The lowest BCUT2D eigenvalue weighted by atomic mass is 9.93. The number of aliphatic hydroxyl groups excluding tert-OH is 1. The highest BCUT2D eigenvalue weighted by molar-refractivity contribution is 5.32. The first-order valence-electron chi connectivity index (χ1n) is 5.07. The minimum absolute atomic E-state index is 0.102. The quantitative estimate of drug-likeness (QED) is 0.740. The summed E-state index contributed by atoms with van der Waals surface area (Å²) in [5.41, 5.74) is 0. The largest absolute Gasteiger partial charge is 0.393 e. The van der Waals surface area contributed by atoms with Crippen molar-refractivity contribution in [1.82, 2.24) is 10.2 Å². The lowest BCUT2D eigenvalue weighted by molar-refractivity contribution is 0.126. The first-order valence-corrected chi connectivity index (χ1v) is 5.07. The third kappa shape index (κ3) is 2.42. The van der Waals surface area contributed by atoms with E-state index in [1.165, 1.54) is 0 Å². The van der Waals surface area contributed by atoms with Crippen LogP contribution in [0.1, 0.15) is 25.7 Å². The predicted octanol–water partition coefficient (Wildman–Crippen LogP) is 1.19. The molecular formula is C10H15N3O. The Morgan fingerprint density at radius 3 is 2.71 bits per heavy atom. The van der Waals surface area contributed by atoms with Crippen LogP contribution in [0, 0.1) is 0 Å². The standard InChI is InChI=1S/C10H15N3O/c14-9-5-3-8(4-6-9)12-10-2-1-7-11-13-10/h1-2,7-9,14H,3-6H2,(H,12,13). The molecular weight excluding hydrogens is 178 g/mol. The zero-order valence-corrected chi connectivity index (χ0v) is 8.06. The molecule has 1 aliphatic carbocycles. The zero-order valence-electron chi connectivity index (χ0n) is 8.06. The lowest BCUT2D eigenvalue weighted by Gasteiger charge is -2.26. The van der Waals surface area contributed by atoms with Gasteiger partial charge in [0.2, 0.25) is 0 Å². The first-order chi connectivity index (χ1) is 6.84. The van der Waals surface area contributed by atoms with Crippen molar-refractivity contribution in [3.8, 4) is 0 Å². The number of hydrogen-bond acceptors (Lipinski definition) is 4. The molecule has 76 valence electrons. The Morgan fingerprint density at radius 1 is 1.29 bits per heavy atom. The molecule has 0 atom stereocenters. The van der Waals surface area contributed by atoms with Crippen LogP contribution in [0.4, 0.5) is 5.82 Å². The fourth-order valence-electron chi connectivity index (χ4n) is 1.81. The molecule has 1 saturated carbocycles. The van der Waals surface area contributed by atoms with Gasteiger partial charge in [-0.1, -0.05) is 0 Å². The van der Waals surface area contributed by atoms with Gasteiger partial charge in [-0.2, -0.15) is 5.10 Å². The van der Waals surface area contributed by atoms with Crippen LogP contribution in [0.2, 0.25) is 0 Å². The molecule has 4 nitrogen and oxygen atoms in total. The van der Waals surface area contributed by atoms with Crippen LogP contribution < -0.4 is 5.32 Å². The summed E-state index contributed by atoms with van der Waals surface area (Å²) in [7, 11) is 0. The summed E-state index contributed by atoms with van der Waals surface area (Å²) in [6, 6.07) is 4.22. The van der Waals surface area contributed by atoms with E-state index in [1.54, 1.807) is 6.20 Å². The molecule has 4 heteroatoms. The topological polar surface area (TPSA) is 58.0 Å². The van der Waals surface area contributed by atoms with Crippen molar-refractivity contribution in [2.24, 2.45) is 0 Å². The van der Waals surface area contributed by atoms with Gasteiger partial charge in [-0.05, 0) is 37.8 Å². The molecule has 0 aromatic carbocycles. The predicted molar refractivity (Wildman–Crippen MR) is 53.9 cm³/mol. The number of rotatable bonds is 2. The average molecular weight is 193 g/mol. The van der Waals surface area contributed by atoms with E-state index in [0.717, 1.165) is 31.5 Å². The van der Waals surface area contributed by atoms with Crippen molar-refractivity contribution < 1.29 is 5.11 Å². The monoisotopic (exact) mass is 193 g/mol. The highest BCUT2D eigenvalue weighted by atomic mass is 16.3. The van der Waals surface area contributed by atoms with E-state index in [-0.39, 0.29) is 6.10 Å². The highest BCUT2D eigenvalue weighted by Crippen LogP contribution is 2.20. The number of nitrogens with zero attached hydrogens (tertiary/aromatic N) is 2. The second kappa shape index (κ2) is 4.37. The van der Waals surface area contributed by atoms with Gasteiger partial charge in [0.25, 0.3) is 0 Å². The van der Waals surface area contributed by atoms with Crippen LogP contribution in [-0.4, -0.2) is 27.4 Å². The van der Waals surface area contributed by atoms with Gasteiger partial charge >= 0.3 is 0 Å². The van der Waals surface area contributed by atoms with Crippen LogP contribution in [0.15, 0.2) is 18.3 Å². The van der Waals surface area contributed by atoms with E-state index in [1.807, 2.05) is 12.1 Å². The molecule has 1 fully saturated rings. The summed E-state index contributed by atoms with van der Waals surface area (Å²) in [6.07, 6.45) is 5.36. The fraction of sp³-hybridized carbons (Fsp3) is 0.600. The lowest BCUT2D eigenvalue weighted by Crippen LogP contribution is -2.28. The molecule has 0 bridgehead atoms. The maximum atomic E-state index is 9.34. The Hall–Kier alpha value is -1.16. The van der Waals surface area contributed by atoms with Crippen molar-refractivity contribution in [2.45, 2.75) is 37.8 Å². The van der Waals surface area contributed by atoms with E-state index in [0.29, 0.717) is 6.04 Å². The number of aromatic nitrogens is 2. The molecule has 0 radical (unpaired) electrons. The van der Waals surface area contributed by atoms with Gasteiger partial charge in [0, 0.05) is 12.2 Å². The third-order valence-electron chi connectivity index (χ3n) is 2.62. The number of nitrogens with one attached hydrogen (secondary N) is 1. The summed E-state index contributed by atoms with van der Waals surface area (Å²) in [5, 5.41) is 20.4. The summed E-state index contributed by atoms with van der Waals surface area (Å²) in [6.45, 7) is 0. The zero-order chi connectivity index (χ0) is 9.80. The molecule has 0 aliphatic heterocycles. The number of anilines is 1. The van der Waals surface area contributed by atoms with E-state index in [9.17, 15) is 5.11 Å². The minimum atomic E-state index is -0.102. The van der Waals surface area contributed by atoms with Crippen LogP contribution >= 0.6 is 0 Å². The van der Waals surface area contributed by atoms with Gasteiger partial charge in [-0.3, -0.25) is 0 Å². The van der Waals surface area contributed by atoms with Crippen LogP contribution in [0.5, 0.6) is 0 Å². The number of hydrogen-bond donors (Lipinski definition) is 2. The van der Waals surface area contributed by atoms with Crippen molar-refractivity contribution in [3.63, 3.8) is 0 Å². The molecule has 1 aromatic heterocycles. The smallest absolute Gasteiger partial charge is 0.148 e. The van der Waals surface area contributed by atoms with Gasteiger partial charge in [-0.15, -0.1) is 5.10 Å². The van der Waals surface area contributed by atoms with E-state index >= 15 is 0 Å². The molecule has 14 heavy (non-hydrogen) atoms. The van der Waals surface area contributed by atoms with E-state index < -0.39 is 0 Å². The van der Waals surface area contributed by atoms with E-state index in [4.69, 9.17) is 0 Å². The second-order valence-electron chi connectivity index (χ2n) is 3.76. The molecule has 0 amide bonds. The van der Waals surface area contributed by atoms with Gasteiger partial charge in [0.1, 0.15) is 5.82 Å². The molecule has 0 unspecified atom stereocenters. The third-order valence-corrected chi connectivity index (χ3v) is 2.62. The van der Waals surface area contributed by atoms with Crippen molar-refractivity contribution in [1.29, 1.82) is 0 Å². The summed E-state index contributed by atoms with van der Waals surface area (Å²) >= 11 is 0. The Bertz CT molecular complexity index is 270. The molecule has 2 N–H and O–H groups in total. The first kappa shape index (κ1) is 9.40. The molecule has 0 spiro atoms. The van der Waals surface area contributed by atoms with E-state index in [2.05, 4.69) is 15.5 Å². The maximum absolute atomic E-state index is 9.34. The van der Waals surface area contributed by atoms with Crippen molar-refractivity contribution in [2.75, 3.05) is 5.32 Å². The average Bonchev–Trinajstić information content (AvgIpc) is 2.23. The Labute approximate surface area is 83.4 Å². The van der Waals surface area contributed by atoms with Crippen molar-refractivity contribution >= 4 is 5.82 Å². The summed E-state index contributed by atoms with van der Waals surface area (Å²) < 4.78 is 0. The highest BCUT2D eigenvalue weighted by Gasteiger charge is 2.19. The number of aliphatic hydroxyl groups is 1. The minimum Gasteiger partial charge on any atom is -0.393 e. The van der Waals surface area contributed by atoms with Gasteiger partial charge in [-0.25, -0.2) is 0 Å². The van der Waals surface area contributed by atoms with Gasteiger partial charge in [0.05, 0.1) is 6.10 Å². The Morgan fingerprint density at radius 2 is 2.07 bits per heavy atom. The summed E-state index contributed by atoms with van der Waals surface area (Å²) in [4.78, 5) is 0. The maximum Gasteiger partial charge on any atom is 0.148 e. The van der Waals surface area contributed by atoms with Crippen LogP contribution in [-0.2, 0) is 0 Å². The molecule has 2 rings (SSSR count). The SMILES string of the molecule is OC1CCC(Nc2cccnn2)CC1. The second-order valence-corrected chi connectivity index (χ2v) is 3.76. The van der Waals surface area contributed by atoms with Gasteiger partial charge < -0.3 is 10.4 Å². The van der Waals surface area contributed by atoms with Crippen LogP contribution in [0.25, 0.3) is 0 Å². The normalized spacial score (nSPS) is 27.2.